The third kappa shape index (κ3) is 3.40. The first kappa shape index (κ1) is 18.9. The minimum atomic E-state index is -0.776. The lowest BCUT2D eigenvalue weighted by Crippen LogP contribution is -2.37. The number of nitrogens with zero attached hydrogens (tertiary/aromatic N) is 2. The van der Waals surface area contributed by atoms with Crippen LogP contribution in [-0.2, 0) is 4.79 Å². The maximum absolute atomic E-state index is 13.3. The Morgan fingerprint density at radius 2 is 1.69 bits per heavy atom. The van der Waals surface area contributed by atoms with Crippen molar-refractivity contribution in [1.29, 1.82) is 0 Å². The van der Waals surface area contributed by atoms with E-state index >= 15 is 0 Å². The van der Waals surface area contributed by atoms with E-state index in [-0.39, 0.29) is 17.6 Å². The lowest BCUT2D eigenvalue weighted by atomic mass is 9.70. The number of benzene rings is 3. The number of primary amides is 1. The summed E-state index contributed by atoms with van der Waals surface area (Å²) in [4.78, 5) is 12.3. The van der Waals surface area contributed by atoms with Gasteiger partial charge in [0.15, 0.2) is 0 Å². The largest absolute Gasteiger partial charge is 0.369 e. The molecular formula is C24H22FN3O. The zero-order valence-corrected chi connectivity index (χ0v) is 16.3. The minimum absolute atomic E-state index is 0.195. The summed E-state index contributed by atoms with van der Waals surface area (Å²) in [5, 5.41) is 5.41. The van der Waals surface area contributed by atoms with Gasteiger partial charge in [0.05, 0.1) is 22.8 Å². The molecule has 29 heavy (non-hydrogen) atoms. The van der Waals surface area contributed by atoms with E-state index in [1.54, 1.807) is 23.0 Å². The SMILES string of the molecule is CC(C)(C(N)=O)C(c1ccccc1)c1ccc2c(cnn2-c2ccc(F)cc2)c1. The van der Waals surface area contributed by atoms with Crippen LogP contribution in [0.25, 0.3) is 16.6 Å². The molecule has 0 spiro atoms. The molecule has 1 heterocycles. The fourth-order valence-corrected chi connectivity index (χ4v) is 3.83. The molecule has 0 aliphatic carbocycles. The average molecular weight is 387 g/mol. The Labute approximate surface area is 168 Å². The number of amides is 1. The number of carbonyl (C=O) groups excluding carboxylic acids is 1. The van der Waals surface area contributed by atoms with Crippen molar-refractivity contribution in [2.75, 3.05) is 0 Å². The number of hydrogen-bond donors (Lipinski definition) is 1. The van der Waals surface area contributed by atoms with Crippen LogP contribution in [-0.4, -0.2) is 15.7 Å². The molecule has 0 bridgehead atoms. The number of carbonyl (C=O) groups is 1. The van der Waals surface area contributed by atoms with Crippen LogP contribution in [0, 0.1) is 11.2 Å². The predicted octanol–water partition coefficient (Wildman–Crippen LogP) is 4.81. The van der Waals surface area contributed by atoms with Crippen LogP contribution in [0.3, 0.4) is 0 Å². The zero-order chi connectivity index (χ0) is 20.6. The molecule has 146 valence electrons. The van der Waals surface area contributed by atoms with Gasteiger partial charge in [0.25, 0.3) is 0 Å². The molecule has 0 saturated heterocycles. The Bertz CT molecular complexity index is 1160. The number of nitrogens with two attached hydrogens (primary N) is 1. The average Bonchev–Trinajstić information content (AvgIpc) is 3.12. The second-order valence-corrected chi connectivity index (χ2v) is 7.78. The van der Waals surface area contributed by atoms with Crippen LogP contribution in [0.5, 0.6) is 0 Å². The quantitative estimate of drug-likeness (QED) is 0.534. The number of rotatable bonds is 5. The Morgan fingerprint density at radius 3 is 2.34 bits per heavy atom. The van der Waals surface area contributed by atoms with Crippen molar-refractivity contribution >= 4 is 16.8 Å². The lowest BCUT2D eigenvalue weighted by molar-refractivity contribution is -0.126. The van der Waals surface area contributed by atoms with Crippen LogP contribution in [0.15, 0.2) is 79.0 Å². The molecule has 0 fully saturated rings. The standard InChI is InChI=1S/C24H22FN3O/c1-24(2,23(26)29)22(16-6-4-3-5-7-16)17-8-13-21-18(14-17)15-27-28(21)20-11-9-19(25)10-12-20/h3-15,22H,1-2H3,(H2,26,29). The molecule has 2 N–H and O–H groups in total. The van der Waals surface area contributed by atoms with Gasteiger partial charge in [-0.25, -0.2) is 9.07 Å². The van der Waals surface area contributed by atoms with Crippen LogP contribution in [0.1, 0.15) is 30.9 Å². The van der Waals surface area contributed by atoms with Crippen molar-refractivity contribution < 1.29 is 9.18 Å². The van der Waals surface area contributed by atoms with E-state index in [4.69, 9.17) is 5.73 Å². The molecule has 4 rings (SSSR count). The maximum atomic E-state index is 13.3. The second kappa shape index (κ2) is 7.17. The number of aromatic nitrogens is 2. The summed E-state index contributed by atoms with van der Waals surface area (Å²) in [5.74, 6) is -0.833. The normalized spacial score (nSPS) is 12.8. The van der Waals surface area contributed by atoms with Crippen molar-refractivity contribution in [1.82, 2.24) is 9.78 Å². The van der Waals surface area contributed by atoms with E-state index in [1.807, 2.05) is 62.4 Å². The summed E-state index contributed by atoms with van der Waals surface area (Å²) in [6.45, 7) is 3.75. The van der Waals surface area contributed by atoms with Gasteiger partial charge in [-0.1, -0.05) is 50.2 Å². The number of fused-ring (bicyclic) bond motifs is 1. The van der Waals surface area contributed by atoms with Gasteiger partial charge >= 0.3 is 0 Å². The Morgan fingerprint density at radius 1 is 1.00 bits per heavy atom. The van der Waals surface area contributed by atoms with Crippen molar-refractivity contribution in [3.05, 3.63) is 95.9 Å². The predicted molar refractivity (Wildman–Crippen MR) is 112 cm³/mol. The van der Waals surface area contributed by atoms with Crippen LogP contribution >= 0.6 is 0 Å². The van der Waals surface area contributed by atoms with Gasteiger partial charge in [0.1, 0.15) is 5.82 Å². The number of hydrogen-bond acceptors (Lipinski definition) is 2. The van der Waals surface area contributed by atoms with Crippen LogP contribution in [0.4, 0.5) is 4.39 Å². The molecule has 0 aliphatic rings. The summed E-state index contributed by atoms with van der Waals surface area (Å²) >= 11 is 0. The highest BCUT2D eigenvalue weighted by molar-refractivity contribution is 5.84. The minimum Gasteiger partial charge on any atom is -0.369 e. The summed E-state index contributed by atoms with van der Waals surface area (Å²) < 4.78 is 15.0. The summed E-state index contributed by atoms with van der Waals surface area (Å²) in [6.07, 6.45) is 1.78. The molecule has 0 saturated carbocycles. The fourth-order valence-electron chi connectivity index (χ4n) is 3.83. The molecule has 4 nitrogen and oxygen atoms in total. The summed E-state index contributed by atoms with van der Waals surface area (Å²) in [5.41, 5.74) is 8.70. The summed E-state index contributed by atoms with van der Waals surface area (Å²) in [7, 11) is 0. The van der Waals surface area contributed by atoms with E-state index in [9.17, 15) is 9.18 Å². The molecule has 1 unspecified atom stereocenters. The lowest BCUT2D eigenvalue weighted by Gasteiger charge is -2.32. The van der Waals surface area contributed by atoms with Gasteiger partial charge in [-0.15, -0.1) is 0 Å². The molecular weight excluding hydrogens is 365 g/mol. The van der Waals surface area contributed by atoms with Crippen LogP contribution in [0.2, 0.25) is 0 Å². The van der Waals surface area contributed by atoms with Gasteiger partial charge in [-0.3, -0.25) is 4.79 Å². The molecule has 0 aliphatic heterocycles. The summed E-state index contributed by atoms with van der Waals surface area (Å²) in [6, 6.07) is 22.2. The first-order chi connectivity index (χ1) is 13.9. The van der Waals surface area contributed by atoms with Crippen molar-refractivity contribution in [3.8, 4) is 5.69 Å². The van der Waals surface area contributed by atoms with Gasteiger partial charge in [-0.2, -0.15) is 5.10 Å². The van der Waals surface area contributed by atoms with Gasteiger partial charge in [0, 0.05) is 11.3 Å². The highest BCUT2D eigenvalue weighted by Crippen LogP contribution is 2.41. The topological polar surface area (TPSA) is 60.9 Å². The highest BCUT2D eigenvalue weighted by Gasteiger charge is 2.37. The second-order valence-electron chi connectivity index (χ2n) is 7.78. The smallest absolute Gasteiger partial charge is 0.224 e. The monoisotopic (exact) mass is 387 g/mol. The van der Waals surface area contributed by atoms with E-state index < -0.39 is 5.41 Å². The molecule has 3 aromatic carbocycles. The third-order valence-electron chi connectivity index (χ3n) is 5.49. The Balaban J connectivity index is 1.83. The van der Waals surface area contributed by atoms with E-state index in [0.29, 0.717) is 0 Å². The van der Waals surface area contributed by atoms with E-state index in [1.165, 1.54) is 12.1 Å². The Hall–Kier alpha value is -3.47. The third-order valence-corrected chi connectivity index (χ3v) is 5.49. The van der Waals surface area contributed by atoms with Gasteiger partial charge in [0.2, 0.25) is 5.91 Å². The Kier molecular flexibility index (Phi) is 4.66. The first-order valence-corrected chi connectivity index (χ1v) is 9.46. The fraction of sp³-hybridized carbons (Fsp3) is 0.167. The van der Waals surface area contributed by atoms with E-state index in [0.717, 1.165) is 27.7 Å². The van der Waals surface area contributed by atoms with Crippen LogP contribution < -0.4 is 5.73 Å². The highest BCUT2D eigenvalue weighted by atomic mass is 19.1. The molecule has 5 heteroatoms. The molecule has 1 amide bonds. The molecule has 4 aromatic rings. The van der Waals surface area contributed by atoms with Crippen molar-refractivity contribution in [3.63, 3.8) is 0 Å². The number of halogens is 1. The molecule has 1 aromatic heterocycles. The van der Waals surface area contributed by atoms with E-state index in [2.05, 4.69) is 5.10 Å². The van der Waals surface area contributed by atoms with Crippen molar-refractivity contribution in [2.24, 2.45) is 11.1 Å². The van der Waals surface area contributed by atoms with Gasteiger partial charge < -0.3 is 5.73 Å². The molecule has 1 atom stereocenters. The molecule has 0 radical (unpaired) electrons. The van der Waals surface area contributed by atoms with Gasteiger partial charge in [-0.05, 0) is 47.5 Å². The van der Waals surface area contributed by atoms with Crippen molar-refractivity contribution in [2.45, 2.75) is 19.8 Å². The first-order valence-electron chi connectivity index (χ1n) is 9.46. The zero-order valence-electron chi connectivity index (χ0n) is 16.3. The maximum Gasteiger partial charge on any atom is 0.224 e.